The van der Waals surface area contributed by atoms with E-state index in [-0.39, 0.29) is 5.91 Å². The fourth-order valence-corrected chi connectivity index (χ4v) is 2.68. The number of amides is 1. The Morgan fingerprint density at radius 3 is 2.30 bits per heavy atom. The van der Waals surface area contributed by atoms with Crippen molar-refractivity contribution in [1.82, 2.24) is 9.97 Å². The lowest BCUT2D eigenvalue weighted by Gasteiger charge is -2.07. The second kappa shape index (κ2) is 5.50. The highest BCUT2D eigenvalue weighted by Crippen LogP contribution is 2.26. The molecule has 0 aliphatic carbocycles. The van der Waals surface area contributed by atoms with E-state index in [9.17, 15) is 4.79 Å². The lowest BCUT2D eigenvalue weighted by molar-refractivity contribution is 0.102. The van der Waals surface area contributed by atoms with Crippen LogP contribution in [0.3, 0.4) is 0 Å². The van der Waals surface area contributed by atoms with Crippen LogP contribution in [0.5, 0.6) is 0 Å². The molecule has 1 aromatic heterocycles. The Balaban J connectivity index is 1.79. The van der Waals surface area contributed by atoms with Crippen LogP contribution in [0.1, 0.15) is 10.4 Å². The molecule has 3 aromatic carbocycles. The maximum Gasteiger partial charge on any atom is 0.258 e. The molecule has 1 N–H and O–H groups in total. The van der Waals surface area contributed by atoms with Crippen molar-refractivity contribution >= 4 is 33.4 Å². The maximum absolute atomic E-state index is 12.4. The number of nitrogens with one attached hydrogen (secondary N) is 1. The summed E-state index contributed by atoms with van der Waals surface area (Å²) < 4.78 is 0. The molecule has 0 unspecified atom stereocenters. The van der Waals surface area contributed by atoms with Gasteiger partial charge in [-0.15, -0.1) is 0 Å². The molecule has 0 atom stereocenters. The van der Waals surface area contributed by atoms with Crippen molar-refractivity contribution in [2.45, 2.75) is 0 Å². The third-order valence-electron chi connectivity index (χ3n) is 3.80. The van der Waals surface area contributed by atoms with Gasteiger partial charge in [-0.3, -0.25) is 10.1 Å². The van der Waals surface area contributed by atoms with Crippen molar-refractivity contribution in [3.05, 3.63) is 78.6 Å². The van der Waals surface area contributed by atoms with E-state index < -0.39 is 0 Å². The van der Waals surface area contributed by atoms with E-state index >= 15 is 0 Å². The van der Waals surface area contributed by atoms with Crippen molar-refractivity contribution < 1.29 is 4.79 Å². The third kappa shape index (κ3) is 2.51. The molecule has 1 amide bonds. The van der Waals surface area contributed by atoms with Crippen LogP contribution in [0, 0.1) is 0 Å². The number of anilines is 1. The summed E-state index contributed by atoms with van der Waals surface area (Å²) in [5.74, 6) is 0.0848. The lowest BCUT2D eigenvalue weighted by atomic mass is 10.00. The normalized spacial score (nSPS) is 10.8. The highest BCUT2D eigenvalue weighted by atomic mass is 16.1. The van der Waals surface area contributed by atoms with Crippen LogP contribution in [-0.4, -0.2) is 15.9 Å². The first-order valence-electron chi connectivity index (χ1n) is 7.31. The molecule has 4 rings (SSSR count). The van der Waals surface area contributed by atoms with Crippen molar-refractivity contribution in [3.63, 3.8) is 0 Å². The maximum atomic E-state index is 12.4. The van der Waals surface area contributed by atoms with E-state index in [0.29, 0.717) is 11.5 Å². The van der Waals surface area contributed by atoms with Crippen LogP contribution in [0.2, 0.25) is 0 Å². The fraction of sp³-hybridized carbons (Fsp3) is 0. The van der Waals surface area contributed by atoms with Crippen LogP contribution >= 0.6 is 0 Å². The average Bonchev–Trinajstić information content (AvgIpc) is 2.62. The summed E-state index contributed by atoms with van der Waals surface area (Å²) in [4.78, 5) is 20.4. The molecule has 0 saturated carbocycles. The number of aromatic nitrogens is 2. The fourth-order valence-electron chi connectivity index (χ4n) is 2.68. The summed E-state index contributed by atoms with van der Waals surface area (Å²) in [6.45, 7) is 0. The van der Waals surface area contributed by atoms with E-state index in [1.54, 1.807) is 18.5 Å². The van der Waals surface area contributed by atoms with Crippen LogP contribution in [0.15, 0.2) is 73.1 Å². The number of carbonyl (C=O) groups excluding carboxylic acids is 1. The molecule has 23 heavy (non-hydrogen) atoms. The predicted molar refractivity (Wildman–Crippen MR) is 91.4 cm³/mol. The number of nitrogens with zero attached hydrogens (tertiary/aromatic N) is 2. The second-order valence-electron chi connectivity index (χ2n) is 5.25. The molecule has 4 nitrogen and oxygen atoms in total. The molecule has 0 radical (unpaired) electrons. The minimum Gasteiger partial charge on any atom is -0.290 e. The van der Waals surface area contributed by atoms with Gasteiger partial charge in [-0.1, -0.05) is 42.5 Å². The van der Waals surface area contributed by atoms with Gasteiger partial charge in [-0.05, 0) is 39.7 Å². The van der Waals surface area contributed by atoms with Crippen molar-refractivity contribution in [2.24, 2.45) is 0 Å². The standard InChI is InChI=1S/C19H13N3O/c23-18(22-19-20-10-3-11-21-19)15-9-8-14-7-6-13-4-1-2-5-16(13)17(14)12-15/h1-12H,(H,20,21,22,23). The molecule has 0 spiro atoms. The Morgan fingerprint density at radius 1 is 0.783 bits per heavy atom. The van der Waals surface area contributed by atoms with Crippen molar-refractivity contribution in [1.29, 1.82) is 0 Å². The van der Waals surface area contributed by atoms with E-state index in [0.717, 1.165) is 21.5 Å². The second-order valence-corrected chi connectivity index (χ2v) is 5.25. The molecule has 0 aliphatic rings. The molecular weight excluding hydrogens is 286 g/mol. The molecule has 0 saturated heterocycles. The Kier molecular flexibility index (Phi) is 3.20. The molecule has 0 aliphatic heterocycles. The number of rotatable bonds is 2. The van der Waals surface area contributed by atoms with Gasteiger partial charge in [0.25, 0.3) is 5.91 Å². The quantitative estimate of drug-likeness (QED) is 0.568. The zero-order valence-electron chi connectivity index (χ0n) is 12.2. The van der Waals surface area contributed by atoms with E-state index in [1.807, 2.05) is 30.3 Å². The summed E-state index contributed by atoms with van der Waals surface area (Å²) in [5.41, 5.74) is 0.585. The smallest absolute Gasteiger partial charge is 0.258 e. The first kappa shape index (κ1) is 13.4. The first-order chi connectivity index (χ1) is 11.3. The number of fused-ring (bicyclic) bond motifs is 3. The van der Waals surface area contributed by atoms with Crippen LogP contribution in [0.4, 0.5) is 5.95 Å². The van der Waals surface area contributed by atoms with Gasteiger partial charge >= 0.3 is 0 Å². The highest BCUT2D eigenvalue weighted by Gasteiger charge is 2.09. The van der Waals surface area contributed by atoms with Gasteiger partial charge < -0.3 is 0 Å². The van der Waals surface area contributed by atoms with Gasteiger partial charge in [-0.25, -0.2) is 9.97 Å². The molecule has 4 aromatic rings. The zero-order chi connectivity index (χ0) is 15.6. The van der Waals surface area contributed by atoms with Gasteiger partial charge in [0.2, 0.25) is 5.95 Å². The lowest BCUT2D eigenvalue weighted by Crippen LogP contribution is -2.13. The number of hydrogen-bond acceptors (Lipinski definition) is 3. The highest BCUT2D eigenvalue weighted by molar-refractivity contribution is 6.12. The molecule has 0 fully saturated rings. The van der Waals surface area contributed by atoms with Crippen LogP contribution < -0.4 is 5.32 Å². The van der Waals surface area contributed by atoms with Gasteiger partial charge in [0.15, 0.2) is 0 Å². The minimum atomic E-state index is -0.217. The topological polar surface area (TPSA) is 54.9 Å². The Labute approximate surface area is 132 Å². The molecule has 0 bridgehead atoms. The summed E-state index contributed by atoms with van der Waals surface area (Å²) in [7, 11) is 0. The minimum absolute atomic E-state index is 0.217. The number of carbonyl (C=O) groups is 1. The SMILES string of the molecule is O=C(Nc1ncccn1)c1ccc2ccc3ccccc3c2c1. The van der Waals surface area contributed by atoms with E-state index in [2.05, 4.69) is 39.6 Å². The predicted octanol–water partition coefficient (Wildman–Crippen LogP) is 4.04. The Hall–Kier alpha value is -3.27. The van der Waals surface area contributed by atoms with Gasteiger partial charge in [0.05, 0.1) is 0 Å². The average molecular weight is 299 g/mol. The number of hydrogen-bond donors (Lipinski definition) is 1. The molecular formula is C19H13N3O. The Morgan fingerprint density at radius 2 is 1.48 bits per heavy atom. The summed E-state index contributed by atoms with van der Waals surface area (Å²) in [6.07, 6.45) is 3.19. The van der Waals surface area contributed by atoms with Crippen molar-refractivity contribution in [2.75, 3.05) is 5.32 Å². The molecule has 4 heteroatoms. The van der Waals surface area contributed by atoms with Gasteiger partial charge in [-0.2, -0.15) is 0 Å². The van der Waals surface area contributed by atoms with Crippen molar-refractivity contribution in [3.8, 4) is 0 Å². The Bertz CT molecular complexity index is 1010. The third-order valence-corrected chi connectivity index (χ3v) is 3.80. The van der Waals surface area contributed by atoms with E-state index in [4.69, 9.17) is 0 Å². The van der Waals surface area contributed by atoms with E-state index in [1.165, 1.54) is 0 Å². The summed E-state index contributed by atoms with van der Waals surface area (Å²) in [5, 5.41) is 7.17. The summed E-state index contributed by atoms with van der Waals surface area (Å²) in [6, 6.07) is 19.7. The van der Waals surface area contributed by atoms with Crippen LogP contribution in [-0.2, 0) is 0 Å². The summed E-state index contributed by atoms with van der Waals surface area (Å²) >= 11 is 0. The molecule has 1 heterocycles. The molecule has 110 valence electrons. The van der Waals surface area contributed by atoms with Gasteiger partial charge in [0.1, 0.15) is 0 Å². The largest absolute Gasteiger partial charge is 0.290 e. The van der Waals surface area contributed by atoms with Gasteiger partial charge in [0, 0.05) is 18.0 Å². The monoisotopic (exact) mass is 299 g/mol. The zero-order valence-corrected chi connectivity index (χ0v) is 12.2. The van der Waals surface area contributed by atoms with Crippen LogP contribution in [0.25, 0.3) is 21.5 Å². The first-order valence-corrected chi connectivity index (χ1v) is 7.31. The number of benzene rings is 3.